The molecular weight excluding hydrogens is 316 g/mol. The molecule has 0 radical (unpaired) electrons. The Morgan fingerprint density at radius 1 is 1.32 bits per heavy atom. The lowest BCUT2D eigenvalue weighted by Crippen LogP contribution is -2.31. The maximum Gasteiger partial charge on any atom is 0.216 e. The summed E-state index contributed by atoms with van der Waals surface area (Å²) in [6.45, 7) is 3.65. The van der Waals surface area contributed by atoms with Crippen LogP contribution >= 0.6 is 0 Å². The summed E-state index contributed by atoms with van der Waals surface area (Å²) in [4.78, 5) is 20.2. The van der Waals surface area contributed by atoms with Crippen LogP contribution < -0.4 is 15.0 Å². The van der Waals surface area contributed by atoms with Crippen LogP contribution in [-0.4, -0.2) is 42.6 Å². The number of ether oxygens (including phenoxy) is 1. The Balaban J connectivity index is 1.65. The van der Waals surface area contributed by atoms with Crippen LogP contribution in [-0.2, 0) is 11.2 Å². The molecular formula is C19H28N4O2. The third kappa shape index (κ3) is 7.28. The minimum absolute atomic E-state index is 0.00184. The predicted octanol–water partition coefficient (Wildman–Crippen LogP) is 2.77. The van der Waals surface area contributed by atoms with Gasteiger partial charge in [-0.15, -0.1) is 0 Å². The second-order valence-corrected chi connectivity index (χ2v) is 6.14. The first-order valence-electron chi connectivity index (χ1n) is 8.81. The van der Waals surface area contributed by atoms with Crippen molar-refractivity contribution in [3.8, 4) is 5.75 Å². The van der Waals surface area contributed by atoms with E-state index in [-0.39, 0.29) is 5.91 Å². The van der Waals surface area contributed by atoms with E-state index in [1.165, 1.54) is 12.6 Å². The van der Waals surface area contributed by atoms with Crippen molar-refractivity contribution in [2.45, 2.75) is 32.6 Å². The van der Waals surface area contributed by atoms with Crippen LogP contribution in [0.1, 0.15) is 31.9 Å². The molecule has 2 N–H and O–H groups in total. The number of carbonyl (C=O) groups excluding carboxylic acids is 1. The summed E-state index contributed by atoms with van der Waals surface area (Å²) < 4.78 is 5.86. The highest BCUT2D eigenvalue weighted by Crippen LogP contribution is 2.20. The van der Waals surface area contributed by atoms with Gasteiger partial charge in [0.1, 0.15) is 5.75 Å². The van der Waals surface area contributed by atoms with Gasteiger partial charge in [0.2, 0.25) is 5.91 Å². The van der Waals surface area contributed by atoms with Gasteiger partial charge in [-0.3, -0.25) is 4.79 Å². The molecule has 2 rings (SSSR count). The monoisotopic (exact) mass is 344 g/mol. The zero-order valence-electron chi connectivity index (χ0n) is 15.1. The number of aryl methyl sites for hydroxylation is 1. The normalized spacial score (nSPS) is 10.5. The number of benzene rings is 1. The molecule has 2 aromatic rings. The van der Waals surface area contributed by atoms with E-state index in [2.05, 4.69) is 20.2 Å². The van der Waals surface area contributed by atoms with Crippen LogP contribution in [0.15, 0.2) is 36.8 Å². The van der Waals surface area contributed by atoms with Crippen LogP contribution in [0.25, 0.3) is 0 Å². The van der Waals surface area contributed by atoms with Crippen molar-refractivity contribution >= 4 is 11.6 Å². The molecule has 136 valence electrons. The Bertz CT molecular complexity index is 628. The van der Waals surface area contributed by atoms with Crippen molar-refractivity contribution in [3.05, 3.63) is 42.5 Å². The molecule has 6 heteroatoms. The number of unbranched alkanes of at least 4 members (excludes halogenated alkanes) is 2. The average molecular weight is 344 g/mol. The van der Waals surface area contributed by atoms with Crippen LogP contribution in [0.4, 0.5) is 5.69 Å². The minimum atomic E-state index is -0.00184. The summed E-state index contributed by atoms with van der Waals surface area (Å²) in [5, 5.41) is 2.81. The molecule has 1 aromatic carbocycles. The van der Waals surface area contributed by atoms with Gasteiger partial charge >= 0.3 is 0 Å². The Kier molecular flexibility index (Phi) is 7.82. The number of likely N-dealkylation sites (N-methyl/N-ethyl adjacent to an activating group) is 1. The number of rotatable bonds is 11. The van der Waals surface area contributed by atoms with E-state index in [1.807, 2.05) is 37.5 Å². The first-order valence-corrected chi connectivity index (χ1v) is 8.81. The largest absolute Gasteiger partial charge is 0.494 e. The van der Waals surface area contributed by atoms with Crippen molar-refractivity contribution in [1.82, 2.24) is 15.3 Å². The Hall–Kier alpha value is -2.50. The number of nitrogens with one attached hydrogen (secondary N) is 2. The molecule has 0 aliphatic carbocycles. The third-order valence-corrected chi connectivity index (χ3v) is 3.99. The Morgan fingerprint density at radius 2 is 2.20 bits per heavy atom. The first kappa shape index (κ1) is 18.8. The number of hydrogen-bond donors (Lipinski definition) is 2. The van der Waals surface area contributed by atoms with Crippen LogP contribution in [0.2, 0.25) is 0 Å². The number of amides is 1. The van der Waals surface area contributed by atoms with Gasteiger partial charge in [-0.1, -0.05) is 6.07 Å². The summed E-state index contributed by atoms with van der Waals surface area (Å²) in [5.41, 5.74) is 2.28. The number of aromatic amines is 1. The molecule has 0 bridgehead atoms. The number of aromatic nitrogens is 2. The zero-order chi connectivity index (χ0) is 17.9. The van der Waals surface area contributed by atoms with Gasteiger partial charge in [-0.25, -0.2) is 4.98 Å². The van der Waals surface area contributed by atoms with Crippen LogP contribution in [0, 0.1) is 0 Å². The number of hydrogen-bond acceptors (Lipinski definition) is 4. The lowest BCUT2D eigenvalue weighted by molar-refractivity contribution is -0.118. The smallest absolute Gasteiger partial charge is 0.216 e. The molecule has 0 saturated heterocycles. The molecule has 0 fully saturated rings. The number of H-pyrrole nitrogens is 1. The molecule has 6 nitrogen and oxygen atoms in total. The van der Waals surface area contributed by atoms with Gasteiger partial charge in [-0.05, 0) is 37.8 Å². The molecule has 0 aliphatic rings. The fourth-order valence-corrected chi connectivity index (χ4v) is 2.55. The van der Waals surface area contributed by atoms with Crippen molar-refractivity contribution < 1.29 is 9.53 Å². The summed E-state index contributed by atoms with van der Waals surface area (Å²) in [7, 11) is 2.01. The summed E-state index contributed by atoms with van der Waals surface area (Å²) >= 11 is 0. The molecule has 25 heavy (non-hydrogen) atoms. The summed E-state index contributed by atoms with van der Waals surface area (Å²) in [6.07, 6.45) is 7.95. The van der Waals surface area contributed by atoms with E-state index in [1.54, 1.807) is 6.33 Å². The second kappa shape index (κ2) is 10.4. The minimum Gasteiger partial charge on any atom is -0.494 e. The predicted molar refractivity (Wildman–Crippen MR) is 100 cm³/mol. The van der Waals surface area contributed by atoms with Crippen molar-refractivity contribution in [2.24, 2.45) is 0 Å². The molecule has 0 aliphatic heterocycles. The molecule has 1 heterocycles. The van der Waals surface area contributed by atoms with Crippen molar-refractivity contribution in [2.75, 3.05) is 31.6 Å². The standard InChI is InChI=1S/C19H28N4O2/c1-16(24)21-10-11-23(2)18-8-6-9-19(13-18)25-12-5-3-4-7-17-14-20-15-22-17/h6,8-9,13-15H,3-5,7,10-12H2,1-2H3,(H,20,22)(H,21,24). The number of nitrogens with zero attached hydrogens (tertiary/aromatic N) is 2. The summed E-state index contributed by atoms with van der Waals surface area (Å²) in [5.74, 6) is 0.885. The van der Waals surface area contributed by atoms with E-state index in [0.717, 1.165) is 50.3 Å². The van der Waals surface area contributed by atoms with E-state index in [0.29, 0.717) is 6.54 Å². The fourth-order valence-electron chi connectivity index (χ4n) is 2.55. The van der Waals surface area contributed by atoms with Gasteiger partial charge in [0.05, 0.1) is 12.9 Å². The van der Waals surface area contributed by atoms with Gasteiger partial charge in [0.25, 0.3) is 0 Å². The van der Waals surface area contributed by atoms with Gasteiger partial charge in [0, 0.05) is 50.7 Å². The molecule has 0 saturated carbocycles. The molecule has 0 atom stereocenters. The van der Waals surface area contributed by atoms with Gasteiger partial charge in [0.15, 0.2) is 0 Å². The van der Waals surface area contributed by atoms with E-state index in [9.17, 15) is 4.79 Å². The third-order valence-electron chi connectivity index (χ3n) is 3.99. The van der Waals surface area contributed by atoms with Gasteiger partial charge < -0.3 is 19.9 Å². The van der Waals surface area contributed by atoms with Crippen molar-refractivity contribution in [3.63, 3.8) is 0 Å². The number of carbonyl (C=O) groups is 1. The van der Waals surface area contributed by atoms with E-state index < -0.39 is 0 Å². The molecule has 1 amide bonds. The van der Waals surface area contributed by atoms with Crippen LogP contribution in [0.5, 0.6) is 5.75 Å². The Labute approximate surface area is 149 Å². The topological polar surface area (TPSA) is 70.2 Å². The summed E-state index contributed by atoms with van der Waals surface area (Å²) in [6, 6.07) is 8.07. The van der Waals surface area contributed by atoms with E-state index >= 15 is 0 Å². The highest BCUT2D eigenvalue weighted by molar-refractivity contribution is 5.72. The van der Waals surface area contributed by atoms with Crippen LogP contribution in [0.3, 0.4) is 0 Å². The van der Waals surface area contributed by atoms with Crippen molar-refractivity contribution in [1.29, 1.82) is 0 Å². The maximum atomic E-state index is 10.9. The zero-order valence-corrected chi connectivity index (χ0v) is 15.1. The first-order chi connectivity index (χ1) is 12.1. The highest BCUT2D eigenvalue weighted by atomic mass is 16.5. The molecule has 1 aromatic heterocycles. The van der Waals surface area contributed by atoms with Gasteiger partial charge in [-0.2, -0.15) is 0 Å². The molecule has 0 spiro atoms. The average Bonchev–Trinajstić information content (AvgIpc) is 3.11. The molecule has 0 unspecified atom stereocenters. The quantitative estimate of drug-likeness (QED) is 0.615. The number of anilines is 1. The fraction of sp³-hybridized carbons (Fsp3) is 0.474. The maximum absolute atomic E-state index is 10.9. The highest BCUT2D eigenvalue weighted by Gasteiger charge is 2.03. The SMILES string of the molecule is CC(=O)NCCN(C)c1cccc(OCCCCCc2cnc[nH]2)c1. The number of imidazole rings is 1. The lowest BCUT2D eigenvalue weighted by Gasteiger charge is -2.20. The second-order valence-electron chi connectivity index (χ2n) is 6.14. The lowest BCUT2D eigenvalue weighted by atomic mass is 10.1. The Morgan fingerprint density at radius 3 is 2.96 bits per heavy atom. The van der Waals surface area contributed by atoms with E-state index in [4.69, 9.17) is 4.74 Å².